The van der Waals surface area contributed by atoms with Gasteiger partial charge in [-0.3, -0.25) is 14.5 Å². The molecule has 1 saturated heterocycles. The average molecular weight is 544 g/mol. The van der Waals surface area contributed by atoms with Crippen molar-refractivity contribution in [2.75, 3.05) is 18.6 Å². The molecule has 0 aliphatic carbocycles. The van der Waals surface area contributed by atoms with E-state index in [1.807, 2.05) is 77.9 Å². The Bertz CT molecular complexity index is 1440. The van der Waals surface area contributed by atoms with Crippen molar-refractivity contribution in [2.24, 2.45) is 0 Å². The number of amides is 1. The highest BCUT2D eigenvalue weighted by molar-refractivity contribution is 6.51. The molecule has 0 aromatic heterocycles. The molecule has 7 heteroatoms. The second-order valence-electron chi connectivity index (χ2n) is 10.4. The van der Waals surface area contributed by atoms with Gasteiger partial charge in [-0.05, 0) is 86.7 Å². The molecule has 1 amide bonds. The minimum atomic E-state index is -0.867. The van der Waals surface area contributed by atoms with Crippen molar-refractivity contribution in [3.8, 4) is 17.2 Å². The molecule has 1 unspecified atom stereocenters. The van der Waals surface area contributed by atoms with Gasteiger partial charge in [0.05, 0.1) is 31.4 Å². The summed E-state index contributed by atoms with van der Waals surface area (Å²) in [5.74, 6) is 0.350. The van der Waals surface area contributed by atoms with Gasteiger partial charge in [0.2, 0.25) is 0 Å². The Morgan fingerprint density at radius 2 is 1.68 bits per heavy atom. The van der Waals surface area contributed by atoms with Gasteiger partial charge >= 0.3 is 0 Å². The van der Waals surface area contributed by atoms with Crippen molar-refractivity contribution >= 4 is 23.1 Å². The lowest BCUT2D eigenvalue weighted by Gasteiger charge is -2.26. The second-order valence-corrected chi connectivity index (χ2v) is 10.4. The predicted molar refractivity (Wildman–Crippen MR) is 156 cm³/mol. The van der Waals surface area contributed by atoms with Crippen LogP contribution in [-0.4, -0.2) is 36.6 Å². The fourth-order valence-electron chi connectivity index (χ4n) is 5.03. The Labute approximate surface area is 236 Å². The summed E-state index contributed by atoms with van der Waals surface area (Å²) in [5.41, 5.74) is 3.27. The SMILES string of the molecule is CCOc1cccc(N2C(=O)C(=O)/C(=C(/O)c3cc(C(C)C)c(OC)cc3C)C2c2ccc(OC(C)C)cc2)c1. The van der Waals surface area contributed by atoms with Gasteiger partial charge < -0.3 is 19.3 Å². The van der Waals surface area contributed by atoms with Gasteiger partial charge in [0.25, 0.3) is 11.7 Å². The molecule has 40 heavy (non-hydrogen) atoms. The summed E-state index contributed by atoms with van der Waals surface area (Å²) in [5, 5.41) is 11.8. The van der Waals surface area contributed by atoms with Gasteiger partial charge in [0.15, 0.2) is 0 Å². The number of carbonyl (C=O) groups excluding carboxylic acids is 2. The maximum absolute atomic E-state index is 13.7. The van der Waals surface area contributed by atoms with Gasteiger partial charge in [-0.25, -0.2) is 0 Å². The molecule has 1 aliphatic heterocycles. The number of aliphatic hydroxyl groups is 1. The molecule has 0 radical (unpaired) electrons. The smallest absolute Gasteiger partial charge is 0.300 e. The van der Waals surface area contributed by atoms with Crippen molar-refractivity contribution in [3.05, 3.63) is 88.5 Å². The first kappa shape index (κ1) is 28.7. The van der Waals surface area contributed by atoms with Gasteiger partial charge in [0.1, 0.15) is 23.0 Å². The first-order chi connectivity index (χ1) is 19.1. The molecule has 3 aromatic rings. The Balaban J connectivity index is 1.94. The highest BCUT2D eigenvalue weighted by atomic mass is 16.5. The molecule has 210 valence electrons. The molecular weight excluding hydrogens is 506 g/mol. The number of carbonyl (C=O) groups is 2. The zero-order valence-corrected chi connectivity index (χ0v) is 24.1. The number of anilines is 1. The van der Waals surface area contributed by atoms with Crippen LogP contribution in [-0.2, 0) is 9.59 Å². The quantitative estimate of drug-likeness (QED) is 0.179. The monoisotopic (exact) mass is 543 g/mol. The number of ketones is 1. The Morgan fingerprint density at radius 1 is 0.975 bits per heavy atom. The number of benzene rings is 3. The maximum atomic E-state index is 13.7. The van der Waals surface area contributed by atoms with E-state index in [9.17, 15) is 14.7 Å². The summed E-state index contributed by atoms with van der Waals surface area (Å²) >= 11 is 0. The number of Topliss-reactive ketones (excluding diaryl/α,β-unsaturated/α-hetero) is 1. The van der Waals surface area contributed by atoms with Crippen LogP contribution in [0.5, 0.6) is 17.2 Å². The molecule has 0 saturated carbocycles. The van der Waals surface area contributed by atoms with Crippen LogP contribution in [0.2, 0.25) is 0 Å². The number of aryl methyl sites for hydroxylation is 1. The average Bonchev–Trinajstić information content (AvgIpc) is 3.18. The van der Waals surface area contributed by atoms with E-state index in [-0.39, 0.29) is 23.4 Å². The first-order valence-corrected chi connectivity index (χ1v) is 13.6. The van der Waals surface area contributed by atoms with Crippen molar-refractivity contribution in [1.82, 2.24) is 0 Å². The number of rotatable bonds is 9. The summed E-state index contributed by atoms with van der Waals surface area (Å²) in [7, 11) is 1.61. The van der Waals surface area contributed by atoms with E-state index < -0.39 is 17.7 Å². The number of hydrogen-bond donors (Lipinski definition) is 1. The lowest BCUT2D eigenvalue weighted by atomic mass is 9.91. The molecule has 1 atom stereocenters. The zero-order valence-electron chi connectivity index (χ0n) is 24.1. The molecule has 1 aliphatic rings. The molecule has 0 spiro atoms. The minimum Gasteiger partial charge on any atom is -0.507 e. The number of aliphatic hydroxyl groups excluding tert-OH is 1. The van der Waals surface area contributed by atoms with E-state index in [0.717, 1.165) is 11.1 Å². The van der Waals surface area contributed by atoms with Gasteiger partial charge in [-0.15, -0.1) is 0 Å². The van der Waals surface area contributed by atoms with E-state index >= 15 is 0 Å². The molecule has 1 N–H and O–H groups in total. The maximum Gasteiger partial charge on any atom is 0.300 e. The summed E-state index contributed by atoms with van der Waals surface area (Å²) in [6, 6.07) is 17.1. The zero-order chi connectivity index (χ0) is 29.1. The third-order valence-electron chi connectivity index (χ3n) is 6.87. The van der Waals surface area contributed by atoms with Crippen LogP contribution in [0.4, 0.5) is 5.69 Å². The standard InChI is InChI=1S/C33H37NO6/c1-8-39-25-11-9-10-23(17-25)34-30(22-12-14-24(15-13-22)40-20(4)5)29(32(36)33(34)37)31(35)27-18-26(19(2)3)28(38-7)16-21(27)6/h9-20,30,35H,8H2,1-7H3/b31-29+. The normalized spacial score (nSPS) is 16.6. The number of hydrogen-bond acceptors (Lipinski definition) is 6. The fraction of sp³-hybridized carbons (Fsp3) is 0.333. The Morgan fingerprint density at radius 3 is 2.27 bits per heavy atom. The van der Waals surface area contributed by atoms with Crippen LogP contribution in [0, 0.1) is 6.92 Å². The largest absolute Gasteiger partial charge is 0.507 e. The van der Waals surface area contributed by atoms with E-state index in [1.165, 1.54) is 4.90 Å². The summed E-state index contributed by atoms with van der Waals surface area (Å²) in [6.45, 7) is 12.1. The lowest BCUT2D eigenvalue weighted by molar-refractivity contribution is -0.132. The van der Waals surface area contributed by atoms with Crippen LogP contribution in [0.25, 0.3) is 5.76 Å². The van der Waals surface area contributed by atoms with Crippen LogP contribution in [0.1, 0.15) is 68.8 Å². The molecule has 1 heterocycles. The summed E-state index contributed by atoms with van der Waals surface area (Å²) in [4.78, 5) is 28.7. The van der Waals surface area contributed by atoms with E-state index in [0.29, 0.717) is 40.7 Å². The third-order valence-corrected chi connectivity index (χ3v) is 6.87. The van der Waals surface area contributed by atoms with Crippen LogP contribution >= 0.6 is 0 Å². The van der Waals surface area contributed by atoms with Gasteiger partial charge in [-0.2, -0.15) is 0 Å². The third kappa shape index (κ3) is 5.55. The molecule has 4 rings (SSSR count). The molecule has 7 nitrogen and oxygen atoms in total. The topological polar surface area (TPSA) is 85.3 Å². The number of methoxy groups -OCH3 is 1. The Hall–Kier alpha value is -4.26. The number of ether oxygens (including phenoxy) is 3. The number of nitrogens with zero attached hydrogens (tertiary/aromatic N) is 1. The first-order valence-electron chi connectivity index (χ1n) is 13.6. The van der Waals surface area contributed by atoms with Crippen molar-refractivity contribution in [2.45, 2.75) is 59.6 Å². The second kappa shape index (κ2) is 11.9. The highest BCUT2D eigenvalue weighted by Gasteiger charge is 2.47. The predicted octanol–water partition coefficient (Wildman–Crippen LogP) is 6.94. The van der Waals surface area contributed by atoms with E-state index in [4.69, 9.17) is 14.2 Å². The van der Waals surface area contributed by atoms with Gasteiger partial charge in [0, 0.05) is 17.3 Å². The van der Waals surface area contributed by atoms with Gasteiger partial charge in [-0.1, -0.05) is 32.0 Å². The molecule has 3 aromatic carbocycles. The molecule has 0 bridgehead atoms. The van der Waals surface area contributed by atoms with Crippen molar-refractivity contribution in [1.29, 1.82) is 0 Å². The van der Waals surface area contributed by atoms with Crippen LogP contribution in [0.3, 0.4) is 0 Å². The minimum absolute atomic E-state index is 0.00834. The summed E-state index contributed by atoms with van der Waals surface area (Å²) < 4.78 is 17.0. The lowest BCUT2D eigenvalue weighted by Crippen LogP contribution is -2.29. The van der Waals surface area contributed by atoms with E-state index in [1.54, 1.807) is 31.4 Å². The molecular formula is C33H37NO6. The highest BCUT2D eigenvalue weighted by Crippen LogP contribution is 2.44. The van der Waals surface area contributed by atoms with Crippen LogP contribution in [0.15, 0.2) is 66.2 Å². The Kier molecular flexibility index (Phi) is 8.52. The van der Waals surface area contributed by atoms with E-state index in [2.05, 4.69) is 0 Å². The fourth-order valence-corrected chi connectivity index (χ4v) is 5.03. The van der Waals surface area contributed by atoms with Crippen LogP contribution < -0.4 is 19.1 Å². The van der Waals surface area contributed by atoms with Crippen molar-refractivity contribution < 1.29 is 28.9 Å². The summed E-state index contributed by atoms with van der Waals surface area (Å²) in [6.07, 6.45) is -0.00834. The molecule has 1 fully saturated rings. The van der Waals surface area contributed by atoms with Crippen molar-refractivity contribution in [3.63, 3.8) is 0 Å².